The van der Waals surface area contributed by atoms with E-state index in [1.165, 1.54) is 43.4 Å². The molecule has 140 valence electrons. The van der Waals surface area contributed by atoms with Crippen LogP contribution in [0.25, 0.3) is 0 Å². The lowest BCUT2D eigenvalue weighted by Crippen LogP contribution is -2.30. The minimum Gasteiger partial charge on any atom is -0.341 e. The van der Waals surface area contributed by atoms with Crippen LogP contribution in [-0.4, -0.2) is 44.2 Å². The Morgan fingerprint density at radius 3 is 2.58 bits per heavy atom. The lowest BCUT2D eigenvalue weighted by Gasteiger charge is -2.30. The highest BCUT2D eigenvalue weighted by Crippen LogP contribution is 2.39. The Bertz CT molecular complexity index is 699. The molecule has 2 saturated heterocycles. The number of rotatable bonds is 3. The fraction of sp³-hybridized carbons (Fsp3) is 0.524. The zero-order chi connectivity index (χ0) is 18.1. The Labute approximate surface area is 166 Å². The average Bonchev–Trinajstić information content (AvgIpc) is 3.08. The second-order valence-corrected chi connectivity index (χ2v) is 8.51. The fourth-order valence-corrected chi connectivity index (χ4v) is 5.21. The van der Waals surface area contributed by atoms with Crippen molar-refractivity contribution in [2.75, 3.05) is 38.1 Å². The van der Waals surface area contributed by atoms with Crippen molar-refractivity contribution in [1.82, 2.24) is 10.2 Å². The highest BCUT2D eigenvalue weighted by atomic mass is 35.5. The maximum absolute atomic E-state index is 6.71. The summed E-state index contributed by atoms with van der Waals surface area (Å²) in [5.41, 5.74) is 3.54. The van der Waals surface area contributed by atoms with Crippen LogP contribution in [0.1, 0.15) is 37.2 Å². The molecule has 3 heterocycles. The van der Waals surface area contributed by atoms with Gasteiger partial charge in [-0.05, 0) is 75.0 Å². The number of halogens is 2. The van der Waals surface area contributed by atoms with Gasteiger partial charge in [-0.2, -0.15) is 0 Å². The first-order chi connectivity index (χ1) is 12.6. The van der Waals surface area contributed by atoms with Crippen LogP contribution < -0.4 is 10.2 Å². The molecule has 2 fully saturated rings. The molecule has 1 N–H and O–H groups in total. The maximum Gasteiger partial charge on any atom is 0.0788 e. The summed E-state index contributed by atoms with van der Waals surface area (Å²) in [6, 6.07) is 4.74. The van der Waals surface area contributed by atoms with Gasteiger partial charge in [0.05, 0.1) is 15.7 Å². The molecule has 1 aromatic rings. The van der Waals surface area contributed by atoms with Crippen molar-refractivity contribution in [3.63, 3.8) is 0 Å². The first-order valence-corrected chi connectivity index (χ1v) is 10.4. The number of anilines is 1. The van der Waals surface area contributed by atoms with Crippen molar-refractivity contribution in [2.24, 2.45) is 0 Å². The third kappa shape index (κ3) is 3.68. The summed E-state index contributed by atoms with van der Waals surface area (Å²) in [7, 11) is 2.21. The van der Waals surface area contributed by atoms with Gasteiger partial charge < -0.3 is 10.2 Å². The van der Waals surface area contributed by atoms with Gasteiger partial charge >= 0.3 is 0 Å². The number of likely N-dealkylation sites (N-methyl/N-ethyl adjacent to an activating group) is 1. The minimum atomic E-state index is 0.499. The molecule has 3 aliphatic rings. The number of likely N-dealkylation sites (tertiary alicyclic amines) is 1. The van der Waals surface area contributed by atoms with E-state index in [1.807, 2.05) is 0 Å². The quantitative estimate of drug-likeness (QED) is 0.796. The van der Waals surface area contributed by atoms with Gasteiger partial charge in [-0.25, -0.2) is 0 Å². The predicted molar refractivity (Wildman–Crippen MR) is 112 cm³/mol. The third-order valence-electron chi connectivity index (χ3n) is 5.92. The molecule has 3 aliphatic heterocycles. The molecular formula is C21H27Cl2N3. The van der Waals surface area contributed by atoms with Gasteiger partial charge in [0.1, 0.15) is 0 Å². The smallest absolute Gasteiger partial charge is 0.0788 e. The van der Waals surface area contributed by atoms with Crippen molar-refractivity contribution in [2.45, 2.75) is 37.6 Å². The molecule has 0 radical (unpaired) electrons. The molecule has 1 aromatic carbocycles. The van der Waals surface area contributed by atoms with Crippen LogP contribution in [0.15, 0.2) is 36.1 Å². The summed E-state index contributed by atoms with van der Waals surface area (Å²) < 4.78 is 0. The van der Waals surface area contributed by atoms with Crippen LogP contribution in [0.4, 0.5) is 5.69 Å². The first-order valence-electron chi connectivity index (χ1n) is 9.68. The molecule has 0 bridgehead atoms. The second kappa shape index (κ2) is 7.93. The molecule has 2 atom stereocenters. The van der Waals surface area contributed by atoms with E-state index in [9.17, 15) is 0 Å². The van der Waals surface area contributed by atoms with Crippen molar-refractivity contribution < 1.29 is 0 Å². The van der Waals surface area contributed by atoms with E-state index in [4.69, 9.17) is 23.2 Å². The van der Waals surface area contributed by atoms with Gasteiger partial charge in [0.2, 0.25) is 0 Å². The third-order valence-corrected chi connectivity index (χ3v) is 6.49. The number of hydrogen-bond donors (Lipinski definition) is 1. The zero-order valence-corrected chi connectivity index (χ0v) is 16.9. The van der Waals surface area contributed by atoms with Crippen molar-refractivity contribution in [3.8, 4) is 0 Å². The molecule has 0 amide bonds. The molecule has 26 heavy (non-hydrogen) atoms. The van der Waals surface area contributed by atoms with E-state index in [0.717, 1.165) is 35.4 Å². The molecule has 4 rings (SSSR count). The lowest BCUT2D eigenvalue weighted by atomic mass is 9.91. The van der Waals surface area contributed by atoms with E-state index in [0.29, 0.717) is 12.0 Å². The van der Waals surface area contributed by atoms with Crippen molar-refractivity contribution in [3.05, 3.63) is 51.7 Å². The summed E-state index contributed by atoms with van der Waals surface area (Å²) in [6.07, 6.45) is 11.6. The van der Waals surface area contributed by atoms with Crippen LogP contribution in [0.3, 0.4) is 0 Å². The van der Waals surface area contributed by atoms with E-state index in [1.54, 1.807) is 0 Å². The molecule has 0 aliphatic carbocycles. The highest BCUT2D eigenvalue weighted by Gasteiger charge is 2.26. The average molecular weight is 392 g/mol. The van der Waals surface area contributed by atoms with Crippen LogP contribution in [0, 0.1) is 0 Å². The maximum atomic E-state index is 6.71. The summed E-state index contributed by atoms with van der Waals surface area (Å²) in [4.78, 5) is 4.64. The molecule has 0 spiro atoms. The summed E-state index contributed by atoms with van der Waals surface area (Å²) in [5, 5.41) is 4.98. The van der Waals surface area contributed by atoms with Gasteiger partial charge in [-0.15, -0.1) is 0 Å². The zero-order valence-electron chi connectivity index (χ0n) is 15.3. The summed E-state index contributed by atoms with van der Waals surface area (Å²) >= 11 is 13.4. The number of nitrogens with zero attached hydrogens (tertiary/aromatic N) is 2. The first kappa shape index (κ1) is 18.4. The van der Waals surface area contributed by atoms with Gasteiger partial charge in [0.15, 0.2) is 0 Å². The number of nitrogens with one attached hydrogen (secondary N) is 1. The monoisotopic (exact) mass is 391 g/mol. The molecule has 2 unspecified atom stereocenters. The SMILES string of the molecule is CN1CCCC1C1=CN(c2c(Cl)cc(C3CCCNC3)cc2Cl)CC=C1. The Morgan fingerprint density at radius 1 is 1.12 bits per heavy atom. The van der Waals surface area contributed by atoms with Gasteiger partial charge in [-0.1, -0.05) is 35.4 Å². The molecule has 0 aromatic heterocycles. The largest absolute Gasteiger partial charge is 0.341 e. The molecule has 5 heteroatoms. The van der Waals surface area contributed by atoms with Crippen molar-refractivity contribution in [1.29, 1.82) is 0 Å². The van der Waals surface area contributed by atoms with E-state index >= 15 is 0 Å². The Morgan fingerprint density at radius 2 is 1.92 bits per heavy atom. The summed E-state index contributed by atoms with van der Waals surface area (Å²) in [6.45, 7) is 4.10. The van der Waals surface area contributed by atoms with Gasteiger partial charge in [0, 0.05) is 25.3 Å². The fourth-order valence-electron chi connectivity index (χ4n) is 4.49. The topological polar surface area (TPSA) is 18.5 Å². The molecule has 3 nitrogen and oxygen atoms in total. The minimum absolute atomic E-state index is 0.499. The number of piperidine rings is 1. The molecular weight excluding hydrogens is 365 g/mol. The van der Waals surface area contributed by atoms with E-state index in [-0.39, 0.29) is 0 Å². The Kier molecular flexibility index (Phi) is 5.61. The van der Waals surface area contributed by atoms with Crippen LogP contribution in [0.2, 0.25) is 10.0 Å². The van der Waals surface area contributed by atoms with E-state index in [2.05, 4.69) is 52.6 Å². The summed E-state index contributed by atoms with van der Waals surface area (Å²) in [5.74, 6) is 0.507. The van der Waals surface area contributed by atoms with Crippen LogP contribution >= 0.6 is 23.2 Å². The predicted octanol–water partition coefficient (Wildman–Crippen LogP) is 4.81. The lowest BCUT2D eigenvalue weighted by molar-refractivity contribution is 0.348. The van der Waals surface area contributed by atoms with E-state index < -0.39 is 0 Å². The van der Waals surface area contributed by atoms with Gasteiger partial charge in [0.25, 0.3) is 0 Å². The van der Waals surface area contributed by atoms with Crippen LogP contribution in [0.5, 0.6) is 0 Å². The Balaban J connectivity index is 1.60. The highest BCUT2D eigenvalue weighted by molar-refractivity contribution is 6.39. The second-order valence-electron chi connectivity index (χ2n) is 7.70. The molecule has 0 saturated carbocycles. The standard InChI is InChI=1S/C21H27Cl2N3/c1-25-9-4-7-20(25)16-6-3-10-26(14-16)21-18(22)11-17(12-19(21)23)15-5-2-8-24-13-15/h3,6,11-12,14-15,20,24H,2,4-5,7-10,13H2,1H3. The Hall–Kier alpha value is -1.00. The number of benzene rings is 1. The van der Waals surface area contributed by atoms with Crippen molar-refractivity contribution >= 4 is 28.9 Å². The number of hydrogen-bond acceptors (Lipinski definition) is 3. The normalized spacial score (nSPS) is 27.0. The van der Waals surface area contributed by atoms with Crippen LogP contribution in [-0.2, 0) is 0 Å². The van der Waals surface area contributed by atoms with Gasteiger partial charge in [-0.3, -0.25) is 4.90 Å².